The van der Waals surface area contributed by atoms with Gasteiger partial charge in [0.2, 0.25) is 5.91 Å². The molecule has 1 aromatic rings. The molecule has 6 nitrogen and oxygen atoms in total. The van der Waals surface area contributed by atoms with E-state index < -0.39 is 29.8 Å². The zero-order valence-electron chi connectivity index (χ0n) is 13.5. The molecule has 1 aromatic carbocycles. The molecule has 2 atom stereocenters. The Labute approximate surface area is 140 Å². The summed E-state index contributed by atoms with van der Waals surface area (Å²) in [6, 6.07) is 6.57. The Morgan fingerprint density at radius 1 is 1.00 bits per heavy atom. The number of carbonyl (C=O) groups excluding carboxylic acids is 1. The number of hydrogen-bond donors (Lipinski definition) is 3. The third-order valence-corrected chi connectivity index (χ3v) is 4.37. The maximum atomic E-state index is 12.3. The molecular weight excluding hydrogens is 310 g/mol. The number of amides is 1. The summed E-state index contributed by atoms with van der Waals surface area (Å²) < 4.78 is 0. The third kappa shape index (κ3) is 5.08. The molecule has 2 rings (SSSR count). The van der Waals surface area contributed by atoms with Crippen LogP contribution in [0, 0.1) is 5.92 Å². The predicted molar refractivity (Wildman–Crippen MR) is 87.6 cm³/mol. The molecule has 1 aliphatic rings. The Morgan fingerprint density at radius 3 is 2.42 bits per heavy atom. The van der Waals surface area contributed by atoms with Gasteiger partial charge in [-0.25, -0.2) is 4.79 Å². The number of aryl methyl sites for hydroxylation is 1. The lowest BCUT2D eigenvalue weighted by Gasteiger charge is -2.19. The number of aliphatic carboxylic acids is 2. The number of fused-ring (bicyclic) bond motifs is 2. The normalized spacial score (nSPS) is 22.9. The summed E-state index contributed by atoms with van der Waals surface area (Å²) in [4.78, 5) is 35.0. The Kier molecular flexibility index (Phi) is 6.35. The molecule has 0 aliphatic carbocycles. The van der Waals surface area contributed by atoms with Crippen molar-refractivity contribution in [1.29, 1.82) is 0 Å². The van der Waals surface area contributed by atoms with Gasteiger partial charge in [-0.15, -0.1) is 0 Å². The highest BCUT2D eigenvalue weighted by Crippen LogP contribution is 2.16. The SMILES string of the molecule is O=C(O)C1Cc2cccc(c2)CCCCCC[C@@H](C(=O)O)NC1=O. The van der Waals surface area contributed by atoms with Crippen LogP contribution in [0.15, 0.2) is 24.3 Å². The molecule has 0 radical (unpaired) electrons. The van der Waals surface area contributed by atoms with E-state index in [0.29, 0.717) is 12.8 Å². The van der Waals surface area contributed by atoms with Crippen molar-refractivity contribution in [2.24, 2.45) is 5.92 Å². The van der Waals surface area contributed by atoms with E-state index in [-0.39, 0.29) is 6.42 Å². The fourth-order valence-electron chi connectivity index (χ4n) is 3.00. The molecule has 0 fully saturated rings. The highest BCUT2D eigenvalue weighted by atomic mass is 16.4. The van der Waals surface area contributed by atoms with Gasteiger partial charge in [0, 0.05) is 0 Å². The topological polar surface area (TPSA) is 104 Å². The van der Waals surface area contributed by atoms with E-state index in [1.807, 2.05) is 18.2 Å². The van der Waals surface area contributed by atoms with Crippen LogP contribution in [0.5, 0.6) is 0 Å². The molecule has 1 amide bonds. The lowest BCUT2D eigenvalue weighted by molar-refractivity contribution is -0.150. The van der Waals surface area contributed by atoms with Crippen LogP contribution < -0.4 is 5.32 Å². The predicted octanol–water partition coefficient (Wildman–Crippen LogP) is 2.01. The molecule has 24 heavy (non-hydrogen) atoms. The summed E-state index contributed by atoms with van der Waals surface area (Å²) in [7, 11) is 0. The maximum Gasteiger partial charge on any atom is 0.326 e. The first-order valence-electron chi connectivity index (χ1n) is 8.31. The molecule has 0 spiro atoms. The van der Waals surface area contributed by atoms with Crippen LogP contribution >= 0.6 is 0 Å². The van der Waals surface area contributed by atoms with Crippen molar-refractivity contribution in [3.05, 3.63) is 35.4 Å². The highest BCUT2D eigenvalue weighted by Gasteiger charge is 2.30. The summed E-state index contributed by atoms with van der Waals surface area (Å²) in [6.45, 7) is 0. The third-order valence-electron chi connectivity index (χ3n) is 4.37. The Morgan fingerprint density at radius 2 is 1.71 bits per heavy atom. The molecule has 0 saturated heterocycles. The molecule has 1 heterocycles. The number of carbonyl (C=O) groups is 3. The first kappa shape index (κ1) is 18.0. The van der Waals surface area contributed by atoms with Crippen LogP contribution in [-0.4, -0.2) is 34.1 Å². The van der Waals surface area contributed by atoms with Crippen molar-refractivity contribution >= 4 is 17.8 Å². The Bertz CT molecular complexity index is 613. The summed E-state index contributed by atoms with van der Waals surface area (Å²) in [5, 5.41) is 21.0. The van der Waals surface area contributed by atoms with Crippen LogP contribution in [-0.2, 0) is 27.2 Å². The Hall–Kier alpha value is -2.37. The fraction of sp³-hybridized carbons (Fsp3) is 0.500. The summed E-state index contributed by atoms with van der Waals surface area (Å²) >= 11 is 0. The van der Waals surface area contributed by atoms with Gasteiger partial charge in [-0.05, 0) is 36.8 Å². The fourth-order valence-corrected chi connectivity index (χ4v) is 3.00. The van der Waals surface area contributed by atoms with Gasteiger partial charge >= 0.3 is 11.9 Å². The van der Waals surface area contributed by atoms with Gasteiger partial charge < -0.3 is 15.5 Å². The quantitative estimate of drug-likeness (QED) is 0.718. The van der Waals surface area contributed by atoms with E-state index in [9.17, 15) is 24.6 Å². The van der Waals surface area contributed by atoms with Gasteiger partial charge in [0.1, 0.15) is 12.0 Å². The van der Waals surface area contributed by atoms with Gasteiger partial charge in [0.25, 0.3) is 0 Å². The van der Waals surface area contributed by atoms with E-state index in [2.05, 4.69) is 5.32 Å². The van der Waals surface area contributed by atoms with Crippen molar-refractivity contribution in [3.8, 4) is 0 Å². The van der Waals surface area contributed by atoms with E-state index >= 15 is 0 Å². The number of rotatable bonds is 2. The van der Waals surface area contributed by atoms with Gasteiger partial charge in [-0.1, -0.05) is 43.5 Å². The van der Waals surface area contributed by atoms with Crippen molar-refractivity contribution in [3.63, 3.8) is 0 Å². The van der Waals surface area contributed by atoms with E-state index in [1.165, 1.54) is 0 Å². The van der Waals surface area contributed by atoms with Crippen molar-refractivity contribution in [2.75, 3.05) is 0 Å². The summed E-state index contributed by atoms with van der Waals surface area (Å²) in [5.74, 6) is -4.39. The maximum absolute atomic E-state index is 12.3. The molecule has 6 heteroatoms. The average molecular weight is 333 g/mol. The molecule has 1 unspecified atom stereocenters. The van der Waals surface area contributed by atoms with Gasteiger partial charge in [-0.3, -0.25) is 9.59 Å². The molecule has 1 aliphatic heterocycles. The highest BCUT2D eigenvalue weighted by molar-refractivity contribution is 5.98. The van der Waals surface area contributed by atoms with Crippen LogP contribution in [0.3, 0.4) is 0 Å². The largest absolute Gasteiger partial charge is 0.481 e. The molecule has 130 valence electrons. The first-order valence-corrected chi connectivity index (χ1v) is 8.31. The van der Waals surface area contributed by atoms with Crippen molar-refractivity contribution < 1.29 is 24.6 Å². The minimum absolute atomic E-state index is 0.0569. The minimum Gasteiger partial charge on any atom is -0.481 e. The first-order chi connectivity index (χ1) is 11.5. The second kappa shape index (κ2) is 8.47. The molecule has 0 saturated carbocycles. The number of nitrogens with one attached hydrogen (secondary N) is 1. The Balaban J connectivity index is 2.24. The van der Waals surface area contributed by atoms with E-state index in [0.717, 1.165) is 36.8 Å². The molecule has 2 bridgehead atoms. The van der Waals surface area contributed by atoms with Gasteiger partial charge in [-0.2, -0.15) is 0 Å². The average Bonchev–Trinajstić information content (AvgIpc) is 2.53. The number of carboxylic acids is 2. The molecule has 3 N–H and O–H groups in total. The smallest absolute Gasteiger partial charge is 0.326 e. The second-order valence-electron chi connectivity index (χ2n) is 6.27. The number of hydrogen-bond acceptors (Lipinski definition) is 3. The lowest BCUT2D eigenvalue weighted by Crippen LogP contribution is -2.46. The zero-order valence-corrected chi connectivity index (χ0v) is 13.5. The van der Waals surface area contributed by atoms with Crippen molar-refractivity contribution in [1.82, 2.24) is 5.32 Å². The molecule has 0 aromatic heterocycles. The summed E-state index contributed by atoms with van der Waals surface area (Å²) in [6.07, 6.45) is 4.87. The number of carboxylic acid groups (broad SMARTS) is 2. The van der Waals surface area contributed by atoms with E-state index in [4.69, 9.17) is 0 Å². The van der Waals surface area contributed by atoms with E-state index in [1.54, 1.807) is 6.07 Å². The van der Waals surface area contributed by atoms with Crippen LogP contribution in [0.4, 0.5) is 0 Å². The van der Waals surface area contributed by atoms with Crippen molar-refractivity contribution in [2.45, 2.75) is 51.0 Å². The van der Waals surface area contributed by atoms with Crippen LogP contribution in [0.2, 0.25) is 0 Å². The molecular formula is C18H23NO5. The standard InChI is InChI=1S/C18H23NO5/c20-16-14(17(21)22)11-13-8-5-7-12(10-13)6-3-1-2-4-9-15(19-16)18(23)24/h5,7-8,10,14-15H,1-4,6,9,11H2,(H,19,20)(H,21,22)(H,23,24)/t14?,15-/m0/s1. The number of benzene rings is 1. The van der Waals surface area contributed by atoms with Gasteiger partial charge in [0.15, 0.2) is 0 Å². The minimum atomic E-state index is -1.29. The summed E-state index contributed by atoms with van der Waals surface area (Å²) in [5.41, 5.74) is 1.91. The second-order valence-corrected chi connectivity index (χ2v) is 6.27. The van der Waals surface area contributed by atoms with Crippen LogP contribution in [0.1, 0.15) is 43.2 Å². The monoisotopic (exact) mass is 333 g/mol. The van der Waals surface area contributed by atoms with Gasteiger partial charge in [0.05, 0.1) is 0 Å². The van der Waals surface area contributed by atoms with Crippen LogP contribution in [0.25, 0.3) is 0 Å². The lowest BCUT2D eigenvalue weighted by atomic mass is 9.94. The zero-order chi connectivity index (χ0) is 17.5.